The molecule has 13 heteroatoms. The Kier molecular flexibility index (Phi) is 6.15. The number of sulfonamides is 1. The molecule has 0 atom stereocenters. The Morgan fingerprint density at radius 3 is 2.35 bits per heavy atom. The third-order valence-corrected chi connectivity index (χ3v) is 6.14. The Bertz CT molecular complexity index is 1400. The third kappa shape index (κ3) is 4.76. The molecule has 0 amide bonds. The monoisotopic (exact) mass is 481 g/mol. The average Bonchev–Trinajstić information content (AvgIpc) is 2.66. The van der Waals surface area contributed by atoms with Gasteiger partial charge >= 0.3 is 21.5 Å². The molecule has 2 heterocycles. The number of hydrogen-bond acceptors (Lipinski definition) is 7. The first-order chi connectivity index (χ1) is 14.5. The summed E-state index contributed by atoms with van der Waals surface area (Å²) in [5.41, 5.74) is -1.77. The minimum atomic E-state index is -4.44. The number of pyridine rings is 1. The van der Waals surface area contributed by atoms with Crippen LogP contribution < -0.4 is 20.7 Å². The lowest BCUT2D eigenvalue weighted by Gasteiger charge is -2.12. The number of aromatic hydroxyl groups is 1. The molecule has 0 aliphatic heterocycles. The van der Waals surface area contributed by atoms with Gasteiger partial charge < -0.3 is 22.6 Å². The van der Waals surface area contributed by atoms with E-state index in [1.807, 2.05) is 24.1 Å². The van der Waals surface area contributed by atoms with Gasteiger partial charge in [0.05, 0.1) is 21.7 Å². The minimum Gasteiger partial charge on any atom is -0.778 e. The highest BCUT2D eigenvalue weighted by Gasteiger charge is 2.31. The lowest BCUT2D eigenvalue weighted by Crippen LogP contribution is -2.47. The quantitative estimate of drug-likeness (QED) is 0.211. The second-order valence-electron chi connectivity index (χ2n) is 6.47. The largest absolute Gasteiger partial charge is 0.778 e. The third-order valence-electron chi connectivity index (χ3n) is 4.11. The second kappa shape index (κ2) is 8.49. The number of nitrogens with zero attached hydrogens (tertiary/aromatic N) is 3. The molecule has 0 fully saturated rings. The Morgan fingerprint density at radius 1 is 1.16 bits per heavy atom. The second-order valence-corrected chi connectivity index (χ2v) is 8.92. The fraction of sp³-hybridized carbons (Fsp3) is 0.111. The van der Waals surface area contributed by atoms with E-state index in [1.165, 1.54) is 35.2 Å². The first-order valence-electron chi connectivity index (χ1n) is 8.56. The summed E-state index contributed by atoms with van der Waals surface area (Å²) in [6.45, 7) is 0. The van der Waals surface area contributed by atoms with E-state index < -0.39 is 38.6 Å². The number of halogens is 1. The van der Waals surface area contributed by atoms with E-state index in [4.69, 9.17) is 24.2 Å². The lowest BCUT2D eigenvalue weighted by atomic mass is 10.2. The zero-order valence-electron chi connectivity index (χ0n) is 16.2. The summed E-state index contributed by atoms with van der Waals surface area (Å²) >= 11 is 10.9. The maximum atomic E-state index is 13.0. The number of aromatic amines is 2. The number of rotatable bonds is 4. The normalized spacial score (nSPS) is 12.0. The number of hydrogen-bond donors (Lipinski definition) is 3. The standard InChI is InChI=1S/C18H16ClN5O5S2/c1-23(2)11-5-7-24(8-6-11)15(14-16(25)20-18(27)21-17(14)26)22-31(28,29)13-4-3-10(19)9-12(13)30/h3-9H,1-2H3,(H3-,20,21,22,25,26,27,30). The predicted octanol–water partition coefficient (Wildman–Crippen LogP) is 0.365. The molecule has 0 saturated heterocycles. The van der Waals surface area contributed by atoms with Crippen LogP contribution in [0.25, 0.3) is 0 Å². The molecular weight excluding hydrogens is 466 g/mol. The van der Waals surface area contributed by atoms with Crippen LogP contribution in [0.5, 0.6) is 5.88 Å². The van der Waals surface area contributed by atoms with E-state index >= 15 is 0 Å². The van der Waals surface area contributed by atoms with E-state index in [2.05, 4.69) is 4.40 Å². The summed E-state index contributed by atoms with van der Waals surface area (Å²) in [5, 5.41) is 10.4. The van der Waals surface area contributed by atoms with Crippen molar-refractivity contribution < 1.29 is 18.1 Å². The molecule has 0 unspecified atom stereocenters. The Labute approximate surface area is 187 Å². The summed E-state index contributed by atoms with van der Waals surface area (Å²) in [4.78, 5) is 29.3. The van der Waals surface area contributed by atoms with Crippen molar-refractivity contribution in [3.63, 3.8) is 0 Å². The van der Waals surface area contributed by atoms with Gasteiger partial charge in [-0.15, -0.1) is 0 Å². The van der Waals surface area contributed by atoms with Crippen LogP contribution in [0.4, 0.5) is 5.69 Å². The molecule has 0 saturated carbocycles. The molecule has 0 spiro atoms. The van der Waals surface area contributed by atoms with Crippen LogP contribution in [-0.2, 0) is 22.7 Å². The van der Waals surface area contributed by atoms with Crippen LogP contribution in [0.1, 0.15) is 5.56 Å². The van der Waals surface area contributed by atoms with Gasteiger partial charge in [-0.05, 0) is 12.1 Å². The summed E-state index contributed by atoms with van der Waals surface area (Å²) in [7, 11) is -0.818. The molecule has 2 aromatic heterocycles. The molecule has 162 valence electrons. The molecule has 0 aliphatic carbocycles. The zero-order valence-corrected chi connectivity index (χ0v) is 18.5. The number of aromatic nitrogens is 3. The maximum Gasteiger partial charge on any atom is 0.368 e. The van der Waals surface area contributed by atoms with E-state index in [0.717, 1.165) is 5.69 Å². The summed E-state index contributed by atoms with van der Waals surface area (Å²) in [6.07, 6.45) is 2.90. The van der Waals surface area contributed by atoms with Gasteiger partial charge in [-0.1, -0.05) is 17.7 Å². The van der Waals surface area contributed by atoms with Crippen LogP contribution in [-0.4, -0.2) is 43.4 Å². The summed E-state index contributed by atoms with van der Waals surface area (Å²) < 4.78 is 31.0. The fourth-order valence-corrected chi connectivity index (χ4v) is 4.43. The molecule has 3 aromatic rings. The highest BCUT2D eigenvalue weighted by atomic mass is 35.5. The van der Waals surface area contributed by atoms with Crippen molar-refractivity contribution in [2.75, 3.05) is 19.0 Å². The number of H-pyrrole nitrogens is 2. The highest BCUT2D eigenvalue weighted by molar-refractivity contribution is 7.90. The lowest BCUT2D eigenvalue weighted by molar-refractivity contribution is -0.554. The van der Waals surface area contributed by atoms with Crippen LogP contribution in [0.3, 0.4) is 0 Å². The van der Waals surface area contributed by atoms with E-state index in [1.54, 1.807) is 17.0 Å². The van der Waals surface area contributed by atoms with Gasteiger partial charge in [0.15, 0.2) is 5.56 Å². The van der Waals surface area contributed by atoms with Gasteiger partial charge in [0.25, 0.3) is 5.56 Å². The average molecular weight is 482 g/mol. The molecule has 0 radical (unpaired) electrons. The zero-order chi connectivity index (χ0) is 22.9. The molecule has 31 heavy (non-hydrogen) atoms. The van der Waals surface area contributed by atoms with E-state index in [9.17, 15) is 23.1 Å². The van der Waals surface area contributed by atoms with Crippen LogP contribution in [0.15, 0.2) is 66.5 Å². The van der Waals surface area contributed by atoms with Crippen LogP contribution >= 0.6 is 11.6 Å². The SMILES string of the molecule is CN(C)c1cc[n+](/C(=N\S(=O)(=O)c2ccc(Cl)cc2[S-])c2c(O)[nH]c(=O)[nH]c2=O)cc1. The molecule has 1 aromatic carbocycles. The summed E-state index contributed by atoms with van der Waals surface area (Å²) in [5.74, 6) is -1.30. The van der Waals surface area contributed by atoms with Crippen molar-refractivity contribution >= 4 is 45.8 Å². The van der Waals surface area contributed by atoms with Crippen molar-refractivity contribution in [3.8, 4) is 5.88 Å². The van der Waals surface area contributed by atoms with Crippen molar-refractivity contribution in [1.29, 1.82) is 0 Å². The molecule has 0 aliphatic rings. The van der Waals surface area contributed by atoms with Gasteiger partial charge in [0, 0.05) is 36.9 Å². The first-order valence-corrected chi connectivity index (χ1v) is 10.8. The van der Waals surface area contributed by atoms with Gasteiger partial charge in [-0.3, -0.25) is 14.8 Å². The van der Waals surface area contributed by atoms with Crippen LogP contribution in [0.2, 0.25) is 5.02 Å². The van der Waals surface area contributed by atoms with Crippen molar-refractivity contribution in [1.82, 2.24) is 9.97 Å². The predicted molar refractivity (Wildman–Crippen MR) is 117 cm³/mol. The Morgan fingerprint density at radius 2 is 1.81 bits per heavy atom. The van der Waals surface area contributed by atoms with Crippen molar-refractivity contribution in [2.45, 2.75) is 9.79 Å². The smallest absolute Gasteiger partial charge is 0.368 e. The molecule has 0 bridgehead atoms. The van der Waals surface area contributed by atoms with E-state index in [0.29, 0.717) is 0 Å². The van der Waals surface area contributed by atoms with Crippen molar-refractivity contribution in [3.05, 3.63) is 74.1 Å². The highest BCUT2D eigenvalue weighted by Crippen LogP contribution is 2.22. The number of benzene rings is 1. The number of nitrogens with one attached hydrogen (secondary N) is 2. The van der Waals surface area contributed by atoms with Gasteiger partial charge in [0.1, 0.15) is 0 Å². The molecule has 10 nitrogen and oxygen atoms in total. The van der Waals surface area contributed by atoms with Gasteiger partial charge in [-0.25, -0.2) is 9.36 Å². The summed E-state index contributed by atoms with van der Waals surface area (Å²) in [6, 6.07) is 7.09. The maximum absolute atomic E-state index is 13.0. The van der Waals surface area contributed by atoms with Crippen molar-refractivity contribution in [2.24, 2.45) is 4.40 Å². The molecular formula is C18H16ClN5O5S2. The molecule has 3 rings (SSSR count). The molecule has 3 N–H and O–H groups in total. The minimum absolute atomic E-state index is 0.0665. The van der Waals surface area contributed by atoms with E-state index in [-0.39, 0.29) is 14.8 Å². The topological polar surface area (TPSA) is 140 Å². The number of anilines is 1. The Balaban J connectivity index is 2.31. The Hall–Kier alpha value is -3.22. The van der Waals surface area contributed by atoms with Gasteiger partial charge in [0.2, 0.25) is 5.88 Å². The fourth-order valence-electron chi connectivity index (χ4n) is 2.62. The van der Waals surface area contributed by atoms with Gasteiger partial charge in [-0.2, -0.15) is 13.3 Å². The first kappa shape index (κ1) is 22.5. The van der Waals surface area contributed by atoms with Crippen LogP contribution in [0, 0.1) is 0 Å².